The van der Waals surface area contributed by atoms with Crippen LogP contribution in [0, 0.1) is 6.92 Å². The molecule has 0 aliphatic carbocycles. The maximum atomic E-state index is 3.51. The van der Waals surface area contributed by atoms with E-state index in [0.29, 0.717) is 0 Å². The molecule has 0 aliphatic heterocycles. The van der Waals surface area contributed by atoms with Gasteiger partial charge in [0.2, 0.25) is 0 Å². The van der Waals surface area contributed by atoms with Gasteiger partial charge in [0.1, 0.15) is 0 Å². The number of hydrogen-bond acceptors (Lipinski definition) is 3. The summed E-state index contributed by atoms with van der Waals surface area (Å²) in [7, 11) is 2.15. The molecule has 1 aromatic heterocycles. The van der Waals surface area contributed by atoms with Crippen molar-refractivity contribution in [3.05, 3.63) is 50.1 Å². The van der Waals surface area contributed by atoms with Crippen LogP contribution in [0.1, 0.15) is 22.9 Å². The van der Waals surface area contributed by atoms with Crippen molar-refractivity contribution >= 4 is 33.0 Å². The normalized spacial score (nSPS) is 10.8. The van der Waals surface area contributed by atoms with Crippen LogP contribution in [-0.2, 0) is 13.1 Å². The van der Waals surface area contributed by atoms with Crippen molar-refractivity contribution in [2.45, 2.75) is 26.9 Å². The zero-order valence-corrected chi connectivity index (χ0v) is 14.6. The molecule has 0 atom stereocenters. The Morgan fingerprint density at radius 3 is 2.70 bits per heavy atom. The third-order valence-corrected chi connectivity index (χ3v) is 5.03. The van der Waals surface area contributed by atoms with Crippen molar-refractivity contribution in [1.82, 2.24) is 5.32 Å². The molecule has 0 saturated heterocycles. The molecule has 1 heterocycles. The number of anilines is 1. The Morgan fingerprint density at radius 1 is 1.30 bits per heavy atom. The lowest BCUT2D eigenvalue weighted by molar-refractivity contribution is 0.723. The Balaban J connectivity index is 2.06. The monoisotopic (exact) mass is 352 g/mol. The fourth-order valence-electron chi connectivity index (χ4n) is 2.14. The van der Waals surface area contributed by atoms with Gasteiger partial charge in [-0.05, 0) is 58.7 Å². The average molecular weight is 353 g/mol. The van der Waals surface area contributed by atoms with E-state index in [1.165, 1.54) is 26.2 Å². The Bertz CT molecular complexity index is 565. The van der Waals surface area contributed by atoms with Crippen molar-refractivity contribution in [1.29, 1.82) is 0 Å². The molecule has 2 nitrogen and oxygen atoms in total. The second-order valence-electron chi connectivity index (χ2n) is 4.98. The molecule has 1 N–H and O–H groups in total. The summed E-state index contributed by atoms with van der Waals surface area (Å²) < 4.78 is 1.17. The standard InChI is InChI=1S/C16H21BrN2S/c1-4-18-9-13-5-6-15(7-12(13)2)19(3)10-16-8-14(17)11-20-16/h5-8,11,18H,4,9-10H2,1-3H3. The van der Waals surface area contributed by atoms with Crippen LogP contribution in [0.15, 0.2) is 34.1 Å². The first kappa shape index (κ1) is 15.5. The minimum Gasteiger partial charge on any atom is -0.369 e. The molecular weight excluding hydrogens is 332 g/mol. The van der Waals surface area contributed by atoms with Crippen LogP contribution < -0.4 is 10.2 Å². The van der Waals surface area contributed by atoms with Gasteiger partial charge in [0, 0.05) is 34.0 Å². The first-order valence-corrected chi connectivity index (χ1v) is 8.51. The largest absolute Gasteiger partial charge is 0.369 e. The molecule has 1 aromatic carbocycles. The third-order valence-electron chi connectivity index (χ3n) is 3.35. The van der Waals surface area contributed by atoms with Gasteiger partial charge < -0.3 is 10.2 Å². The Kier molecular flexibility index (Phi) is 5.64. The highest BCUT2D eigenvalue weighted by Gasteiger charge is 2.06. The number of thiophene rings is 1. The van der Waals surface area contributed by atoms with E-state index < -0.39 is 0 Å². The van der Waals surface area contributed by atoms with E-state index >= 15 is 0 Å². The fourth-order valence-corrected chi connectivity index (χ4v) is 3.64. The van der Waals surface area contributed by atoms with Crippen molar-refractivity contribution in [2.24, 2.45) is 0 Å². The van der Waals surface area contributed by atoms with Crippen LogP contribution in [0.25, 0.3) is 0 Å². The zero-order valence-electron chi connectivity index (χ0n) is 12.2. The summed E-state index contributed by atoms with van der Waals surface area (Å²) in [5, 5.41) is 5.51. The lowest BCUT2D eigenvalue weighted by atomic mass is 10.1. The number of hydrogen-bond donors (Lipinski definition) is 1. The van der Waals surface area contributed by atoms with Crippen LogP contribution in [0.5, 0.6) is 0 Å². The number of halogens is 1. The highest BCUT2D eigenvalue weighted by molar-refractivity contribution is 9.10. The van der Waals surface area contributed by atoms with E-state index in [9.17, 15) is 0 Å². The lowest BCUT2D eigenvalue weighted by Crippen LogP contribution is -2.17. The molecule has 0 bridgehead atoms. The molecule has 0 unspecified atom stereocenters. The van der Waals surface area contributed by atoms with Gasteiger partial charge in [-0.25, -0.2) is 0 Å². The van der Waals surface area contributed by atoms with Crippen LogP contribution in [-0.4, -0.2) is 13.6 Å². The van der Waals surface area contributed by atoms with Crippen LogP contribution in [0.2, 0.25) is 0 Å². The number of benzene rings is 1. The second-order valence-corrected chi connectivity index (χ2v) is 6.89. The van der Waals surface area contributed by atoms with Gasteiger partial charge in [-0.15, -0.1) is 11.3 Å². The van der Waals surface area contributed by atoms with Gasteiger partial charge in [0.25, 0.3) is 0 Å². The van der Waals surface area contributed by atoms with Gasteiger partial charge in [0.05, 0.1) is 6.54 Å². The molecule has 2 aromatic rings. The molecule has 0 aliphatic rings. The summed E-state index contributed by atoms with van der Waals surface area (Å²) in [6.45, 7) is 7.23. The fraction of sp³-hybridized carbons (Fsp3) is 0.375. The van der Waals surface area contributed by atoms with Gasteiger partial charge in [-0.2, -0.15) is 0 Å². The smallest absolute Gasteiger partial charge is 0.0519 e. The maximum Gasteiger partial charge on any atom is 0.0519 e. The van der Waals surface area contributed by atoms with E-state index in [2.05, 4.69) is 76.7 Å². The molecule has 0 amide bonds. The average Bonchev–Trinajstić information content (AvgIpc) is 2.82. The minimum atomic E-state index is 0.947. The van der Waals surface area contributed by atoms with Gasteiger partial charge >= 0.3 is 0 Å². The molecule has 0 fully saturated rings. The topological polar surface area (TPSA) is 15.3 Å². The predicted octanol–water partition coefficient (Wildman–Crippen LogP) is 4.56. The van der Waals surface area contributed by atoms with Crippen molar-refractivity contribution in [3.8, 4) is 0 Å². The molecule has 0 saturated carbocycles. The summed E-state index contributed by atoms with van der Waals surface area (Å²) in [6.07, 6.45) is 0. The lowest BCUT2D eigenvalue weighted by Gasteiger charge is -2.20. The molecule has 0 spiro atoms. The maximum absolute atomic E-state index is 3.51. The SMILES string of the molecule is CCNCc1ccc(N(C)Cc2cc(Br)cs2)cc1C. The van der Waals surface area contributed by atoms with Crippen LogP contribution in [0.4, 0.5) is 5.69 Å². The first-order valence-electron chi connectivity index (χ1n) is 6.84. The van der Waals surface area contributed by atoms with E-state index in [4.69, 9.17) is 0 Å². The second kappa shape index (κ2) is 7.25. The van der Waals surface area contributed by atoms with E-state index in [1.54, 1.807) is 11.3 Å². The van der Waals surface area contributed by atoms with Crippen molar-refractivity contribution < 1.29 is 0 Å². The van der Waals surface area contributed by atoms with Gasteiger partial charge in [-0.3, -0.25) is 0 Å². The molecule has 4 heteroatoms. The Hall–Kier alpha value is -0.840. The summed E-state index contributed by atoms with van der Waals surface area (Å²) >= 11 is 5.30. The Morgan fingerprint density at radius 2 is 2.10 bits per heavy atom. The summed E-state index contributed by atoms with van der Waals surface area (Å²) in [5.41, 5.74) is 4.00. The summed E-state index contributed by atoms with van der Waals surface area (Å²) in [5.74, 6) is 0. The quantitative estimate of drug-likeness (QED) is 0.819. The highest BCUT2D eigenvalue weighted by atomic mass is 79.9. The zero-order chi connectivity index (χ0) is 14.5. The van der Waals surface area contributed by atoms with E-state index in [-0.39, 0.29) is 0 Å². The van der Waals surface area contributed by atoms with E-state index in [0.717, 1.165) is 19.6 Å². The third kappa shape index (κ3) is 4.08. The van der Waals surface area contributed by atoms with E-state index in [1.807, 2.05) is 0 Å². The molecule has 0 radical (unpaired) electrons. The summed E-state index contributed by atoms with van der Waals surface area (Å²) in [4.78, 5) is 3.66. The molecule has 2 rings (SSSR count). The number of nitrogens with one attached hydrogen (secondary N) is 1. The number of nitrogens with zero attached hydrogens (tertiary/aromatic N) is 1. The Labute approximate surface area is 133 Å². The predicted molar refractivity (Wildman–Crippen MR) is 92.7 cm³/mol. The van der Waals surface area contributed by atoms with Gasteiger partial charge in [-0.1, -0.05) is 13.0 Å². The first-order chi connectivity index (χ1) is 9.60. The molecule has 108 valence electrons. The number of aryl methyl sites for hydroxylation is 1. The van der Waals surface area contributed by atoms with Crippen LogP contribution in [0.3, 0.4) is 0 Å². The molecule has 20 heavy (non-hydrogen) atoms. The summed E-state index contributed by atoms with van der Waals surface area (Å²) in [6, 6.07) is 8.90. The highest BCUT2D eigenvalue weighted by Crippen LogP contribution is 2.24. The van der Waals surface area contributed by atoms with Crippen LogP contribution >= 0.6 is 27.3 Å². The number of rotatable bonds is 6. The minimum absolute atomic E-state index is 0.947. The van der Waals surface area contributed by atoms with Crippen molar-refractivity contribution in [2.75, 3.05) is 18.5 Å². The van der Waals surface area contributed by atoms with Crippen molar-refractivity contribution in [3.63, 3.8) is 0 Å². The molecular formula is C16H21BrN2S. The van der Waals surface area contributed by atoms with Gasteiger partial charge in [0.15, 0.2) is 0 Å².